The number of benzene rings is 1. The van der Waals surface area contributed by atoms with Crippen molar-refractivity contribution in [2.45, 2.75) is 92.9 Å². The van der Waals surface area contributed by atoms with Gasteiger partial charge in [-0.25, -0.2) is 4.98 Å². The number of rotatable bonds is 2. The molecule has 0 saturated carbocycles. The second kappa shape index (κ2) is 8.49. The van der Waals surface area contributed by atoms with Crippen molar-refractivity contribution in [1.82, 2.24) is 4.98 Å². The predicted molar refractivity (Wildman–Crippen MR) is 126 cm³/mol. The molecule has 0 bridgehead atoms. The van der Waals surface area contributed by atoms with Gasteiger partial charge < -0.3 is 0 Å². The highest BCUT2D eigenvalue weighted by atomic mass is 32.1. The van der Waals surface area contributed by atoms with Crippen LogP contribution in [0.1, 0.15) is 103 Å². The fourth-order valence-corrected chi connectivity index (χ4v) is 3.91. The van der Waals surface area contributed by atoms with Crippen molar-refractivity contribution in [3.05, 3.63) is 45.4 Å². The molecule has 0 radical (unpaired) electrons. The minimum absolute atomic E-state index is 0.181. The normalized spacial score (nSPS) is 14.1. The molecule has 2 nitrogen and oxygen atoms in total. The van der Waals surface area contributed by atoms with E-state index in [-0.39, 0.29) is 10.8 Å². The van der Waals surface area contributed by atoms with Gasteiger partial charge in [-0.1, -0.05) is 81.4 Å². The Bertz CT molecular complexity index is 804. The van der Waals surface area contributed by atoms with Crippen molar-refractivity contribution >= 4 is 22.7 Å². The lowest BCUT2D eigenvalue weighted by atomic mass is 9.85. The van der Waals surface area contributed by atoms with Crippen LogP contribution >= 0.6 is 11.3 Å². The van der Waals surface area contributed by atoms with Crippen molar-refractivity contribution in [1.29, 1.82) is 0 Å². The third-order valence-corrected chi connectivity index (χ3v) is 6.22. The van der Waals surface area contributed by atoms with Gasteiger partial charge in [-0.05, 0) is 28.5 Å². The Hall–Kier alpha value is -1.48. The van der Waals surface area contributed by atoms with Gasteiger partial charge in [-0.15, -0.1) is 11.3 Å². The summed E-state index contributed by atoms with van der Waals surface area (Å²) in [5, 5.41) is 3.42. The molecule has 1 aliphatic heterocycles. The zero-order valence-corrected chi connectivity index (χ0v) is 20.3. The number of fused-ring (bicyclic) bond motifs is 1. The molecule has 2 heterocycles. The van der Waals surface area contributed by atoms with E-state index in [1.165, 1.54) is 33.2 Å². The summed E-state index contributed by atoms with van der Waals surface area (Å²) < 4.78 is 0. The first-order valence-corrected chi connectivity index (χ1v) is 11.3. The topological polar surface area (TPSA) is 25.2 Å². The van der Waals surface area contributed by atoms with Crippen LogP contribution in [0.2, 0.25) is 0 Å². The first kappa shape index (κ1) is 22.8. The van der Waals surface area contributed by atoms with Crippen molar-refractivity contribution in [2.75, 3.05) is 0 Å². The van der Waals surface area contributed by atoms with Gasteiger partial charge >= 0.3 is 0 Å². The van der Waals surface area contributed by atoms with Gasteiger partial charge in [0.2, 0.25) is 0 Å². The van der Waals surface area contributed by atoms with Crippen LogP contribution in [0.5, 0.6) is 0 Å². The van der Waals surface area contributed by atoms with Gasteiger partial charge in [0, 0.05) is 28.8 Å². The molecule has 0 amide bonds. The van der Waals surface area contributed by atoms with E-state index in [1.807, 2.05) is 0 Å². The molecule has 0 fully saturated rings. The quantitative estimate of drug-likeness (QED) is 0.502. The molecule has 3 rings (SSSR count). The maximum absolute atomic E-state index is 4.81. The monoisotopic (exact) mass is 398 g/mol. The summed E-state index contributed by atoms with van der Waals surface area (Å²) in [6.07, 6.45) is 1.02. The van der Waals surface area contributed by atoms with Gasteiger partial charge in [0.15, 0.2) is 0 Å². The van der Waals surface area contributed by atoms with Crippen LogP contribution in [0.25, 0.3) is 0 Å². The molecular weight excluding hydrogens is 360 g/mol. The van der Waals surface area contributed by atoms with Gasteiger partial charge in [-0.2, -0.15) is 0 Å². The molecule has 0 aliphatic carbocycles. The molecule has 0 N–H and O–H groups in total. The Morgan fingerprint density at radius 3 is 1.96 bits per heavy atom. The number of aliphatic imine (C=N–C) groups is 1. The maximum Gasteiger partial charge on any atom is 0.0953 e. The number of nitrogens with zero attached hydrogens (tertiary/aromatic N) is 2. The summed E-state index contributed by atoms with van der Waals surface area (Å²) in [5.74, 6) is 1.14. The van der Waals surface area contributed by atoms with E-state index < -0.39 is 0 Å². The SMILES string of the molecule is CC(C)(C)C1=Nc2cc(C(C)(C)C)ccc2C1.CC(C)c1csc(C(C)C)n1. The lowest BCUT2D eigenvalue weighted by Gasteiger charge is -2.19. The fraction of sp³-hybridized carbons (Fsp3) is 0.600. The van der Waals surface area contributed by atoms with E-state index in [1.54, 1.807) is 11.3 Å². The molecule has 0 saturated heterocycles. The smallest absolute Gasteiger partial charge is 0.0953 e. The summed E-state index contributed by atoms with van der Waals surface area (Å²) in [6.45, 7) is 22.2. The van der Waals surface area contributed by atoms with E-state index in [9.17, 15) is 0 Å². The van der Waals surface area contributed by atoms with Gasteiger partial charge in [-0.3, -0.25) is 4.99 Å². The summed E-state index contributed by atoms with van der Waals surface area (Å²) in [4.78, 5) is 9.34. The molecular formula is C25H38N2S. The second-order valence-electron chi connectivity index (χ2n) is 10.5. The predicted octanol–water partition coefficient (Wildman–Crippen LogP) is 8.05. The third-order valence-electron chi connectivity index (χ3n) is 5.06. The molecule has 154 valence electrons. The minimum Gasteiger partial charge on any atom is -0.257 e. The highest BCUT2D eigenvalue weighted by Crippen LogP contribution is 2.36. The second-order valence-corrected chi connectivity index (χ2v) is 11.4. The number of aromatic nitrogens is 1. The van der Waals surface area contributed by atoms with Crippen LogP contribution in [-0.2, 0) is 11.8 Å². The average Bonchev–Trinajstić information content (AvgIpc) is 3.20. The number of hydrogen-bond acceptors (Lipinski definition) is 3. The summed E-state index contributed by atoms with van der Waals surface area (Å²) in [5.41, 5.74) is 6.85. The summed E-state index contributed by atoms with van der Waals surface area (Å²) in [7, 11) is 0. The lowest BCUT2D eigenvalue weighted by molar-refractivity contribution is 0.584. The Balaban J connectivity index is 0.000000221. The molecule has 0 atom stereocenters. The Morgan fingerprint density at radius 1 is 0.893 bits per heavy atom. The Kier molecular flexibility index (Phi) is 6.91. The average molecular weight is 399 g/mol. The van der Waals surface area contributed by atoms with Gasteiger partial charge in [0.25, 0.3) is 0 Å². The first-order chi connectivity index (χ1) is 12.8. The van der Waals surface area contributed by atoms with Crippen molar-refractivity contribution in [2.24, 2.45) is 10.4 Å². The van der Waals surface area contributed by atoms with E-state index in [2.05, 4.69) is 97.8 Å². The van der Waals surface area contributed by atoms with E-state index >= 15 is 0 Å². The molecule has 3 heteroatoms. The number of thiazole rings is 1. The van der Waals surface area contributed by atoms with Crippen LogP contribution in [0.4, 0.5) is 5.69 Å². The summed E-state index contributed by atoms with van der Waals surface area (Å²) >= 11 is 1.77. The molecule has 1 aliphatic rings. The maximum atomic E-state index is 4.81. The van der Waals surface area contributed by atoms with E-state index in [4.69, 9.17) is 4.99 Å². The van der Waals surface area contributed by atoms with Gasteiger partial charge in [0.1, 0.15) is 0 Å². The standard InChI is InChI=1S/C16H23N.C9H15NS/c1-15(2,3)12-8-7-11-9-14(16(4,5)6)17-13(11)10-12;1-6(2)8-5-11-9(10-8)7(3)4/h7-8,10H,9H2,1-6H3;5-7H,1-4H3. The molecule has 2 aromatic rings. The van der Waals surface area contributed by atoms with Crippen molar-refractivity contribution in [3.8, 4) is 0 Å². The zero-order valence-electron chi connectivity index (χ0n) is 19.5. The first-order valence-electron chi connectivity index (χ1n) is 10.5. The fourth-order valence-electron chi connectivity index (χ4n) is 2.91. The highest BCUT2D eigenvalue weighted by molar-refractivity contribution is 7.09. The molecule has 1 aromatic carbocycles. The van der Waals surface area contributed by atoms with Crippen LogP contribution < -0.4 is 0 Å². The minimum atomic E-state index is 0.181. The van der Waals surface area contributed by atoms with Crippen LogP contribution in [0, 0.1) is 5.41 Å². The molecule has 0 unspecified atom stereocenters. The van der Waals surface area contributed by atoms with Crippen molar-refractivity contribution < 1.29 is 0 Å². The molecule has 1 aromatic heterocycles. The van der Waals surface area contributed by atoms with Crippen LogP contribution in [-0.4, -0.2) is 10.7 Å². The zero-order chi connectivity index (χ0) is 21.3. The third kappa shape index (κ3) is 5.76. The molecule has 0 spiro atoms. The number of hydrogen-bond donors (Lipinski definition) is 0. The van der Waals surface area contributed by atoms with Crippen LogP contribution in [0.3, 0.4) is 0 Å². The Morgan fingerprint density at radius 2 is 1.54 bits per heavy atom. The lowest BCUT2D eigenvalue weighted by Crippen LogP contribution is -2.19. The highest BCUT2D eigenvalue weighted by Gasteiger charge is 2.26. The van der Waals surface area contributed by atoms with E-state index in [0.29, 0.717) is 11.8 Å². The summed E-state index contributed by atoms with van der Waals surface area (Å²) in [6, 6.07) is 6.76. The van der Waals surface area contributed by atoms with E-state index in [0.717, 1.165) is 6.42 Å². The Labute approximate surface area is 176 Å². The van der Waals surface area contributed by atoms with Crippen molar-refractivity contribution in [3.63, 3.8) is 0 Å². The largest absolute Gasteiger partial charge is 0.257 e. The van der Waals surface area contributed by atoms with Gasteiger partial charge in [0.05, 0.1) is 16.4 Å². The molecule has 28 heavy (non-hydrogen) atoms. The van der Waals surface area contributed by atoms with Crippen LogP contribution in [0.15, 0.2) is 28.6 Å².